The molecule has 0 aliphatic carbocycles. The van der Waals surface area contributed by atoms with E-state index in [9.17, 15) is 0 Å². The summed E-state index contributed by atoms with van der Waals surface area (Å²) in [6.45, 7) is 0. The third kappa shape index (κ3) is 7.77. The maximum Gasteiger partial charge on any atom is 0.243 e. The molecule has 9 aromatic carbocycles. The number of guanidine groups is 3. The van der Waals surface area contributed by atoms with Gasteiger partial charge in [0.1, 0.15) is 11.6 Å². The van der Waals surface area contributed by atoms with Gasteiger partial charge in [0.15, 0.2) is 17.5 Å². The summed E-state index contributed by atoms with van der Waals surface area (Å²) >= 11 is 0. The fourth-order valence-corrected chi connectivity index (χ4v) is 10.7. The zero-order valence-corrected chi connectivity index (χ0v) is 41.9. The molecule has 0 saturated carbocycles. The Morgan fingerprint density at radius 2 is 0.692 bits per heavy atom. The molecule has 15 rings (SSSR count). The molecule has 0 amide bonds. The average Bonchev–Trinajstić information content (AvgIpc) is 4.08. The largest absolute Gasteiger partial charge is 0.310 e. The number of benzene rings is 9. The van der Waals surface area contributed by atoms with E-state index < -0.39 is 0 Å². The minimum atomic E-state index is 0.364. The van der Waals surface area contributed by atoms with Crippen molar-refractivity contribution < 1.29 is 0 Å². The van der Waals surface area contributed by atoms with Crippen molar-refractivity contribution in [3.8, 4) is 34.2 Å². The van der Waals surface area contributed by atoms with Crippen LogP contribution in [0.1, 0.15) is 34.2 Å². The number of allylic oxidation sites excluding steroid dienone is 1. The molecule has 0 N–H and O–H groups in total. The van der Waals surface area contributed by atoms with Crippen LogP contribution in [0.25, 0.3) is 61.9 Å². The summed E-state index contributed by atoms with van der Waals surface area (Å²) in [5.41, 5.74) is 16.0. The van der Waals surface area contributed by atoms with Gasteiger partial charge in [-0.1, -0.05) is 176 Å². The third-order valence-electron chi connectivity index (χ3n) is 14.5. The van der Waals surface area contributed by atoms with Gasteiger partial charge in [-0.05, 0) is 90.7 Å². The van der Waals surface area contributed by atoms with Gasteiger partial charge in [-0.15, -0.1) is 0 Å². The number of aliphatic imine (C=N–C) groups is 6. The van der Waals surface area contributed by atoms with Gasteiger partial charge >= 0.3 is 0 Å². The van der Waals surface area contributed by atoms with Gasteiger partial charge in [0.25, 0.3) is 0 Å². The molecule has 4 aliphatic heterocycles. The molecular formula is C66H44N12. The minimum Gasteiger partial charge on any atom is -0.310 e. The van der Waals surface area contributed by atoms with Gasteiger partial charge in [0.2, 0.25) is 17.9 Å². The Labute approximate surface area is 448 Å². The Bertz CT molecular complexity index is 4230. The van der Waals surface area contributed by atoms with E-state index in [0.717, 1.165) is 103 Å². The predicted molar refractivity (Wildman–Crippen MR) is 315 cm³/mol. The molecule has 0 unspecified atom stereocenters. The molecular weight excluding hydrogens is 961 g/mol. The molecule has 12 nitrogen and oxygen atoms in total. The summed E-state index contributed by atoms with van der Waals surface area (Å²) < 4.78 is 4.39. The van der Waals surface area contributed by atoms with E-state index in [0.29, 0.717) is 35.4 Å². The lowest BCUT2D eigenvalue weighted by molar-refractivity contribution is 0.828. The summed E-state index contributed by atoms with van der Waals surface area (Å²) in [5.74, 6) is 4.16. The molecule has 0 bridgehead atoms. The maximum absolute atomic E-state index is 5.14. The van der Waals surface area contributed by atoms with Crippen LogP contribution in [0.5, 0.6) is 0 Å². The molecule has 0 radical (unpaired) electrons. The number of hydrogen-bond donors (Lipinski definition) is 0. The molecule has 6 heterocycles. The number of hydrogen-bond acceptors (Lipinski definition) is 10. The number of anilines is 2. The van der Waals surface area contributed by atoms with E-state index >= 15 is 0 Å². The second-order valence-corrected chi connectivity index (χ2v) is 19.2. The van der Waals surface area contributed by atoms with Crippen LogP contribution >= 0.6 is 0 Å². The van der Waals surface area contributed by atoms with Gasteiger partial charge in [-0.25, -0.2) is 14.9 Å². The molecule has 2 aromatic heterocycles. The van der Waals surface area contributed by atoms with E-state index in [4.69, 9.17) is 39.9 Å². The Balaban J connectivity index is 0.819. The predicted octanol–water partition coefficient (Wildman–Crippen LogP) is 13.9. The number of fused-ring (bicyclic) bond motifs is 3. The highest BCUT2D eigenvalue weighted by Crippen LogP contribution is 2.40. The van der Waals surface area contributed by atoms with E-state index in [1.165, 1.54) is 11.3 Å². The Hall–Kier alpha value is -10.7. The van der Waals surface area contributed by atoms with Crippen LogP contribution in [0.2, 0.25) is 0 Å². The molecule has 4 aliphatic rings. The van der Waals surface area contributed by atoms with Gasteiger partial charge < -0.3 is 4.90 Å². The molecule has 78 heavy (non-hydrogen) atoms. The van der Waals surface area contributed by atoms with Crippen molar-refractivity contribution >= 4 is 74.5 Å². The van der Waals surface area contributed by atoms with Gasteiger partial charge in [-0.3, -0.25) is 9.13 Å². The fourth-order valence-electron chi connectivity index (χ4n) is 10.7. The first-order chi connectivity index (χ1) is 38.6. The quantitative estimate of drug-likeness (QED) is 0.143. The highest BCUT2D eigenvalue weighted by atomic mass is 15.5. The van der Waals surface area contributed by atoms with Gasteiger partial charge in [0, 0.05) is 56.3 Å². The summed E-state index contributed by atoms with van der Waals surface area (Å²) in [6, 6.07) is 81.2. The lowest BCUT2D eigenvalue weighted by atomic mass is 10.1. The second kappa shape index (κ2) is 18.6. The van der Waals surface area contributed by atoms with Crippen LogP contribution in [0.3, 0.4) is 0 Å². The Morgan fingerprint density at radius 1 is 0.308 bits per heavy atom. The zero-order chi connectivity index (χ0) is 51.5. The lowest BCUT2D eigenvalue weighted by Gasteiger charge is -2.30. The number of rotatable bonds is 9. The van der Waals surface area contributed by atoms with Crippen LogP contribution in [0.4, 0.5) is 11.4 Å². The SMILES string of the molecule is C1=C(c2ccc(C3=NC4=NC(c5ccc(-c6nc7ccccc7n6-c6ccccc6)cc5)=NC5=NC(c6ccc(-c7nc8ccccc8n7-c7ccccc7)cc6)=NC(=N3)N45)cc2)N(c2ccccc2)c2ccccc2CC1. The van der Waals surface area contributed by atoms with E-state index in [1.807, 2.05) is 97.1 Å². The van der Waals surface area contributed by atoms with Crippen molar-refractivity contribution in [3.05, 3.63) is 270 Å². The van der Waals surface area contributed by atoms with E-state index in [2.05, 4.69) is 160 Å². The molecule has 0 saturated heterocycles. The lowest BCUT2D eigenvalue weighted by Crippen LogP contribution is -2.48. The first-order valence-corrected chi connectivity index (χ1v) is 26.0. The monoisotopic (exact) mass is 1000 g/mol. The number of imidazole rings is 2. The third-order valence-corrected chi connectivity index (χ3v) is 14.5. The summed E-state index contributed by atoms with van der Waals surface area (Å²) in [5, 5.41) is 0. The standard InChI is InChI=1S/C66H44N12/c1-4-19-50(20-5-1)75-55-27-13-10-17-43(55)18-16-30-56(75)44-31-33-45(34-32-44)59-69-64-71-60(46-35-39-48(40-36-46)62-67-53-25-11-14-28-57(53)76(62)51-21-6-2-7-22-51)73-66-74-61(72-65(70-59)78(64)66)47-37-41-49(42-38-47)63-68-54-26-12-15-29-58(54)77(63)52-23-8-3-9-24-52/h1-15,17,19-42H,16,18H2. The smallest absolute Gasteiger partial charge is 0.243 e. The summed E-state index contributed by atoms with van der Waals surface area (Å²) in [4.78, 5) is 45.1. The van der Waals surface area contributed by atoms with Crippen LogP contribution in [0.15, 0.2) is 273 Å². The fraction of sp³-hybridized carbons (Fsp3) is 0.0303. The van der Waals surface area contributed by atoms with Crippen LogP contribution in [-0.2, 0) is 6.42 Å². The first-order valence-electron chi connectivity index (χ1n) is 26.0. The summed E-state index contributed by atoms with van der Waals surface area (Å²) in [7, 11) is 0. The van der Waals surface area contributed by atoms with E-state index in [-0.39, 0.29) is 0 Å². The topological polar surface area (TPSA) is 116 Å². The Morgan fingerprint density at radius 3 is 1.17 bits per heavy atom. The van der Waals surface area contributed by atoms with Gasteiger partial charge in [0.05, 0.1) is 22.1 Å². The molecule has 0 atom stereocenters. The van der Waals surface area contributed by atoms with Crippen molar-refractivity contribution in [2.24, 2.45) is 30.0 Å². The normalized spacial score (nSPS) is 14.8. The van der Waals surface area contributed by atoms with Crippen molar-refractivity contribution in [1.82, 2.24) is 24.0 Å². The maximum atomic E-state index is 5.14. The van der Waals surface area contributed by atoms with Crippen LogP contribution in [0, 0.1) is 0 Å². The Kier molecular flexibility index (Phi) is 10.7. The van der Waals surface area contributed by atoms with Crippen molar-refractivity contribution in [2.45, 2.75) is 12.8 Å². The summed E-state index contributed by atoms with van der Waals surface area (Å²) in [6.07, 6.45) is 4.21. The van der Waals surface area contributed by atoms with Gasteiger partial charge in [-0.2, -0.15) is 30.0 Å². The average molecular weight is 1010 g/mol. The van der Waals surface area contributed by atoms with E-state index in [1.54, 1.807) is 4.90 Å². The van der Waals surface area contributed by atoms with Crippen molar-refractivity contribution in [3.63, 3.8) is 0 Å². The number of para-hydroxylation sites is 8. The number of aromatic nitrogens is 4. The zero-order valence-electron chi connectivity index (χ0n) is 41.9. The first kappa shape index (κ1) is 44.7. The number of amidine groups is 3. The molecule has 368 valence electrons. The second-order valence-electron chi connectivity index (χ2n) is 19.2. The van der Waals surface area contributed by atoms with Crippen LogP contribution < -0.4 is 4.90 Å². The van der Waals surface area contributed by atoms with Crippen LogP contribution in [-0.4, -0.2) is 59.4 Å². The highest BCUT2D eigenvalue weighted by molar-refractivity contribution is 6.34. The highest BCUT2D eigenvalue weighted by Gasteiger charge is 2.36. The van der Waals surface area contributed by atoms with Crippen molar-refractivity contribution in [1.29, 1.82) is 0 Å². The molecule has 0 fully saturated rings. The van der Waals surface area contributed by atoms with Crippen molar-refractivity contribution in [2.75, 3.05) is 4.90 Å². The molecule has 0 spiro atoms. The molecule has 12 heteroatoms. The molecule has 11 aromatic rings. The number of aryl methyl sites for hydroxylation is 1. The number of nitrogens with zero attached hydrogens (tertiary/aromatic N) is 12. The minimum absolute atomic E-state index is 0.364.